The molecule has 0 saturated carbocycles. The molecule has 9 heteroatoms. The average molecular weight is 457 g/mol. The number of fused-ring (bicyclic) bond motifs is 1. The van der Waals surface area contributed by atoms with Gasteiger partial charge in [-0.25, -0.2) is 9.78 Å². The van der Waals surface area contributed by atoms with E-state index in [9.17, 15) is 14.4 Å². The summed E-state index contributed by atoms with van der Waals surface area (Å²) in [5.74, 6) is -0.445. The summed E-state index contributed by atoms with van der Waals surface area (Å²) in [6, 6.07) is 7.39. The van der Waals surface area contributed by atoms with E-state index in [1.165, 1.54) is 11.3 Å². The van der Waals surface area contributed by atoms with E-state index in [2.05, 4.69) is 10.3 Å². The van der Waals surface area contributed by atoms with Crippen LogP contribution in [0, 0.1) is 6.92 Å². The van der Waals surface area contributed by atoms with Crippen molar-refractivity contribution < 1.29 is 19.1 Å². The Hall–Kier alpha value is -2.94. The average Bonchev–Trinajstić information content (AvgIpc) is 3.21. The lowest BCUT2D eigenvalue weighted by atomic mass is 9.89. The third-order valence-electron chi connectivity index (χ3n) is 5.90. The highest BCUT2D eigenvalue weighted by atomic mass is 32.1. The molecule has 2 aromatic rings. The monoisotopic (exact) mass is 456 g/mol. The van der Waals surface area contributed by atoms with Gasteiger partial charge in [0.1, 0.15) is 0 Å². The van der Waals surface area contributed by atoms with Gasteiger partial charge in [0.15, 0.2) is 5.13 Å². The van der Waals surface area contributed by atoms with Crippen molar-refractivity contribution in [1.82, 2.24) is 14.8 Å². The topological polar surface area (TPSA) is 91.8 Å². The summed E-state index contributed by atoms with van der Waals surface area (Å²) in [4.78, 5) is 46.9. The number of nitrogens with zero attached hydrogens (tertiary/aromatic N) is 3. The third kappa shape index (κ3) is 4.77. The van der Waals surface area contributed by atoms with Crippen molar-refractivity contribution >= 4 is 34.4 Å². The maximum absolute atomic E-state index is 13.3. The number of carbonyl (C=O) groups is 3. The highest BCUT2D eigenvalue weighted by Crippen LogP contribution is 2.38. The Labute approximate surface area is 191 Å². The molecule has 1 fully saturated rings. The number of benzene rings is 1. The van der Waals surface area contributed by atoms with E-state index in [0.29, 0.717) is 43.5 Å². The molecule has 0 spiro atoms. The van der Waals surface area contributed by atoms with Crippen LogP contribution in [0.3, 0.4) is 0 Å². The van der Waals surface area contributed by atoms with Gasteiger partial charge in [0.2, 0.25) is 5.91 Å². The first kappa shape index (κ1) is 22.3. The van der Waals surface area contributed by atoms with Crippen LogP contribution in [0.2, 0.25) is 0 Å². The molecule has 2 aliphatic rings. The number of hydrogen-bond donors (Lipinski definition) is 1. The molecule has 1 aliphatic heterocycles. The Balaban J connectivity index is 1.42. The maximum Gasteiger partial charge on any atom is 0.409 e. The predicted molar refractivity (Wildman–Crippen MR) is 122 cm³/mol. The highest BCUT2D eigenvalue weighted by molar-refractivity contribution is 7.16. The number of nitrogens with one attached hydrogen (secondary N) is 1. The normalized spacial score (nSPS) is 18.1. The van der Waals surface area contributed by atoms with Gasteiger partial charge in [0.05, 0.1) is 18.2 Å². The number of aromatic nitrogens is 1. The summed E-state index contributed by atoms with van der Waals surface area (Å²) in [5, 5.41) is 3.42. The number of amides is 3. The van der Waals surface area contributed by atoms with E-state index in [4.69, 9.17) is 4.74 Å². The lowest BCUT2D eigenvalue weighted by molar-refractivity contribution is -0.134. The number of carbonyl (C=O) groups excluding carboxylic acids is 3. The predicted octanol–water partition coefficient (Wildman–Crippen LogP) is 3.42. The molecule has 0 radical (unpaired) electrons. The molecular weight excluding hydrogens is 428 g/mol. The van der Waals surface area contributed by atoms with Crippen molar-refractivity contribution in [1.29, 1.82) is 0 Å². The zero-order chi connectivity index (χ0) is 22.7. The summed E-state index contributed by atoms with van der Waals surface area (Å²) >= 11 is 1.46. The second-order valence-corrected chi connectivity index (χ2v) is 9.19. The molecule has 1 aromatic heterocycles. The molecule has 170 valence electrons. The fourth-order valence-electron chi connectivity index (χ4n) is 4.13. The molecule has 1 atom stereocenters. The molecule has 1 saturated heterocycles. The lowest BCUT2D eigenvalue weighted by Crippen LogP contribution is -2.52. The SMILES string of the molecule is CCOC(=O)N1CCN(C(=O)C2CCCc3sc(NC(=O)c4ccc(C)cc4)nc32)CC1. The van der Waals surface area contributed by atoms with Crippen molar-refractivity contribution in [3.63, 3.8) is 0 Å². The molecule has 1 unspecified atom stereocenters. The first-order chi connectivity index (χ1) is 15.5. The zero-order valence-electron chi connectivity index (χ0n) is 18.4. The number of thiazole rings is 1. The van der Waals surface area contributed by atoms with Crippen LogP contribution >= 0.6 is 11.3 Å². The quantitative estimate of drug-likeness (QED) is 0.761. The van der Waals surface area contributed by atoms with Crippen molar-refractivity contribution in [2.75, 3.05) is 38.1 Å². The molecule has 1 N–H and O–H groups in total. The number of ether oxygens (including phenoxy) is 1. The van der Waals surface area contributed by atoms with Gasteiger partial charge in [-0.1, -0.05) is 17.7 Å². The minimum absolute atomic E-state index is 0.0520. The fraction of sp³-hybridized carbons (Fsp3) is 0.478. The van der Waals surface area contributed by atoms with Crippen molar-refractivity contribution in [3.05, 3.63) is 46.0 Å². The molecule has 2 heterocycles. The van der Waals surface area contributed by atoms with E-state index < -0.39 is 0 Å². The molecule has 3 amide bonds. The lowest BCUT2D eigenvalue weighted by Gasteiger charge is -2.36. The Morgan fingerprint density at radius 3 is 2.50 bits per heavy atom. The molecular formula is C23H28N4O4S. The summed E-state index contributed by atoms with van der Waals surface area (Å²) in [5.41, 5.74) is 2.46. The van der Waals surface area contributed by atoms with Gasteiger partial charge in [-0.2, -0.15) is 0 Å². The van der Waals surface area contributed by atoms with Crippen LogP contribution in [0.25, 0.3) is 0 Å². The van der Waals surface area contributed by atoms with Crippen LogP contribution in [0.15, 0.2) is 24.3 Å². The smallest absolute Gasteiger partial charge is 0.409 e. The van der Waals surface area contributed by atoms with Gasteiger partial charge in [0.25, 0.3) is 5.91 Å². The van der Waals surface area contributed by atoms with Crippen molar-refractivity contribution in [2.45, 2.75) is 39.0 Å². The van der Waals surface area contributed by atoms with Gasteiger partial charge >= 0.3 is 6.09 Å². The Bertz CT molecular complexity index is 996. The fourth-order valence-corrected chi connectivity index (χ4v) is 5.19. The number of anilines is 1. The largest absolute Gasteiger partial charge is 0.450 e. The van der Waals surface area contributed by atoms with Crippen LogP contribution < -0.4 is 5.32 Å². The minimum Gasteiger partial charge on any atom is -0.450 e. The molecule has 8 nitrogen and oxygen atoms in total. The number of aryl methyl sites for hydroxylation is 2. The highest BCUT2D eigenvalue weighted by Gasteiger charge is 2.35. The number of piperazine rings is 1. The summed E-state index contributed by atoms with van der Waals surface area (Å²) in [6.45, 7) is 6.02. The van der Waals surface area contributed by atoms with Crippen LogP contribution in [0.5, 0.6) is 0 Å². The van der Waals surface area contributed by atoms with Gasteiger partial charge in [0, 0.05) is 36.6 Å². The first-order valence-electron chi connectivity index (χ1n) is 11.0. The third-order valence-corrected chi connectivity index (χ3v) is 6.95. The summed E-state index contributed by atoms with van der Waals surface area (Å²) < 4.78 is 5.05. The van der Waals surface area contributed by atoms with Crippen LogP contribution in [-0.4, -0.2) is 65.5 Å². The zero-order valence-corrected chi connectivity index (χ0v) is 19.2. The summed E-state index contributed by atoms with van der Waals surface area (Å²) in [6.07, 6.45) is 2.21. The van der Waals surface area contributed by atoms with E-state index >= 15 is 0 Å². The molecule has 0 bridgehead atoms. The molecule has 32 heavy (non-hydrogen) atoms. The van der Waals surface area contributed by atoms with Gasteiger partial charge < -0.3 is 14.5 Å². The van der Waals surface area contributed by atoms with E-state index in [-0.39, 0.29) is 23.8 Å². The molecule has 1 aromatic carbocycles. The van der Waals surface area contributed by atoms with Crippen LogP contribution in [-0.2, 0) is 16.0 Å². The Kier molecular flexibility index (Phi) is 6.74. The van der Waals surface area contributed by atoms with E-state index in [0.717, 1.165) is 35.4 Å². The second-order valence-electron chi connectivity index (χ2n) is 8.10. The van der Waals surface area contributed by atoms with Gasteiger partial charge in [-0.3, -0.25) is 14.9 Å². The van der Waals surface area contributed by atoms with E-state index in [1.54, 1.807) is 24.0 Å². The van der Waals surface area contributed by atoms with Gasteiger partial charge in [-0.05, 0) is 45.2 Å². The Morgan fingerprint density at radius 1 is 1.12 bits per heavy atom. The van der Waals surface area contributed by atoms with Crippen LogP contribution in [0.4, 0.5) is 9.93 Å². The standard InChI is InChI=1S/C23H28N4O4S/c1-3-31-23(30)27-13-11-26(12-14-27)21(29)17-5-4-6-18-19(17)24-22(32-18)25-20(28)16-9-7-15(2)8-10-16/h7-10,17H,3-6,11-14H2,1-2H3,(H,24,25,28). The molecule has 1 aliphatic carbocycles. The summed E-state index contributed by atoms with van der Waals surface area (Å²) in [7, 11) is 0. The van der Waals surface area contributed by atoms with Crippen LogP contribution in [0.1, 0.15) is 52.2 Å². The number of hydrogen-bond acceptors (Lipinski definition) is 6. The second kappa shape index (κ2) is 9.68. The maximum atomic E-state index is 13.3. The minimum atomic E-state index is -0.326. The van der Waals surface area contributed by atoms with Crippen molar-refractivity contribution in [3.8, 4) is 0 Å². The van der Waals surface area contributed by atoms with E-state index in [1.807, 2.05) is 24.0 Å². The van der Waals surface area contributed by atoms with Crippen molar-refractivity contribution in [2.24, 2.45) is 0 Å². The Morgan fingerprint density at radius 2 is 1.81 bits per heavy atom. The van der Waals surface area contributed by atoms with Gasteiger partial charge in [-0.15, -0.1) is 11.3 Å². The first-order valence-corrected chi connectivity index (χ1v) is 11.9. The number of rotatable bonds is 4. The molecule has 4 rings (SSSR count).